The lowest BCUT2D eigenvalue weighted by molar-refractivity contribution is -0.117. The molecular formula is C14H14N2OS2. The second kappa shape index (κ2) is 4.58. The van der Waals surface area contributed by atoms with Gasteiger partial charge in [0.15, 0.2) is 3.95 Å². The molecule has 19 heavy (non-hydrogen) atoms. The van der Waals surface area contributed by atoms with Crippen molar-refractivity contribution in [1.82, 2.24) is 4.98 Å². The number of hydrogen-bond donors (Lipinski definition) is 1. The number of nitrogens with one attached hydrogen (secondary N) is 1. The average molecular weight is 290 g/mol. The number of aromatic nitrogens is 1. The lowest BCUT2D eigenvalue weighted by Gasteiger charge is -2.10. The molecule has 1 aromatic heterocycles. The Balaban J connectivity index is 2.11. The van der Waals surface area contributed by atoms with Crippen LogP contribution in [0.5, 0.6) is 0 Å². The van der Waals surface area contributed by atoms with Crippen molar-refractivity contribution in [2.75, 3.05) is 11.9 Å². The van der Waals surface area contributed by atoms with Gasteiger partial charge in [-0.05, 0) is 41.9 Å². The van der Waals surface area contributed by atoms with Crippen LogP contribution in [0.15, 0.2) is 18.2 Å². The average Bonchev–Trinajstić information content (AvgIpc) is 2.91. The number of fused-ring (bicyclic) bond motifs is 1. The Kier molecular flexibility index (Phi) is 3.03. The van der Waals surface area contributed by atoms with E-state index in [0.717, 1.165) is 32.9 Å². The fraction of sp³-hybridized carbons (Fsp3) is 0.286. The topological polar surface area (TPSA) is 36.1 Å². The first-order chi connectivity index (χ1) is 9.10. The standard InChI is InChI=1S/C14H14N2OS2/c1-3-11-13(15-14(18)19-11)8-4-5-10-9(6-8)7-12(17)16(10)2/h4-6H,3,7H2,1-2H3,(H,15,18). The third kappa shape index (κ3) is 2.03. The van der Waals surface area contributed by atoms with Crippen LogP contribution in [-0.4, -0.2) is 17.9 Å². The summed E-state index contributed by atoms with van der Waals surface area (Å²) in [6.07, 6.45) is 1.45. The Morgan fingerprint density at radius 1 is 1.47 bits per heavy atom. The SMILES string of the molecule is CCc1sc(=S)[nH]c1-c1ccc2c(c1)CC(=O)N2C. The van der Waals surface area contributed by atoms with Crippen molar-refractivity contribution < 1.29 is 4.79 Å². The third-order valence-corrected chi connectivity index (χ3v) is 4.87. The third-order valence-electron chi connectivity index (χ3n) is 3.49. The summed E-state index contributed by atoms with van der Waals surface area (Å²) in [5, 5.41) is 0. The van der Waals surface area contributed by atoms with E-state index in [-0.39, 0.29) is 5.91 Å². The molecular weight excluding hydrogens is 276 g/mol. The molecule has 1 aliphatic heterocycles. The number of likely N-dealkylation sites (N-methyl/N-ethyl adjacent to an activating group) is 1. The van der Waals surface area contributed by atoms with Crippen LogP contribution in [0.2, 0.25) is 0 Å². The number of benzene rings is 1. The first kappa shape index (κ1) is 12.6. The minimum Gasteiger partial charge on any atom is -0.337 e. The minimum atomic E-state index is 0.154. The van der Waals surface area contributed by atoms with Crippen molar-refractivity contribution in [3.8, 4) is 11.3 Å². The Bertz CT molecular complexity index is 714. The number of aromatic amines is 1. The summed E-state index contributed by atoms with van der Waals surface area (Å²) >= 11 is 6.85. The van der Waals surface area contributed by atoms with Crippen molar-refractivity contribution >= 4 is 35.1 Å². The number of amides is 1. The van der Waals surface area contributed by atoms with E-state index in [0.29, 0.717) is 6.42 Å². The van der Waals surface area contributed by atoms with Gasteiger partial charge in [0.1, 0.15) is 0 Å². The van der Waals surface area contributed by atoms with Gasteiger partial charge in [-0.15, -0.1) is 11.3 Å². The Hall–Kier alpha value is -1.46. The van der Waals surface area contributed by atoms with Crippen LogP contribution >= 0.6 is 23.6 Å². The first-order valence-corrected chi connectivity index (χ1v) is 7.44. The lowest BCUT2D eigenvalue weighted by atomic mass is 10.0. The van der Waals surface area contributed by atoms with Crippen LogP contribution in [-0.2, 0) is 17.6 Å². The number of aryl methyl sites for hydroxylation is 1. The van der Waals surface area contributed by atoms with Gasteiger partial charge in [-0.2, -0.15) is 0 Å². The highest BCUT2D eigenvalue weighted by atomic mass is 32.1. The van der Waals surface area contributed by atoms with Gasteiger partial charge in [0.2, 0.25) is 5.91 Å². The molecule has 0 bridgehead atoms. The van der Waals surface area contributed by atoms with Gasteiger partial charge in [-0.3, -0.25) is 4.79 Å². The highest BCUT2D eigenvalue weighted by Crippen LogP contribution is 2.34. The maximum atomic E-state index is 11.7. The largest absolute Gasteiger partial charge is 0.337 e. The van der Waals surface area contributed by atoms with E-state index in [1.807, 2.05) is 13.1 Å². The van der Waals surface area contributed by atoms with E-state index in [1.54, 1.807) is 16.2 Å². The van der Waals surface area contributed by atoms with E-state index in [1.165, 1.54) is 4.88 Å². The normalized spacial score (nSPS) is 14.0. The van der Waals surface area contributed by atoms with Crippen LogP contribution in [0, 0.1) is 3.95 Å². The highest BCUT2D eigenvalue weighted by molar-refractivity contribution is 7.73. The van der Waals surface area contributed by atoms with Crippen LogP contribution in [0.1, 0.15) is 17.4 Å². The number of anilines is 1. The van der Waals surface area contributed by atoms with E-state index >= 15 is 0 Å². The number of carbonyl (C=O) groups excluding carboxylic acids is 1. The smallest absolute Gasteiger partial charge is 0.231 e. The molecule has 1 N–H and O–H groups in total. The molecule has 0 spiro atoms. The monoisotopic (exact) mass is 290 g/mol. The molecule has 5 heteroatoms. The molecule has 3 rings (SSSR count). The molecule has 0 aliphatic carbocycles. The summed E-state index contributed by atoms with van der Waals surface area (Å²) in [5.74, 6) is 0.154. The summed E-state index contributed by atoms with van der Waals surface area (Å²) in [4.78, 5) is 18.0. The van der Waals surface area contributed by atoms with Crippen molar-refractivity contribution in [3.63, 3.8) is 0 Å². The predicted molar refractivity (Wildman–Crippen MR) is 81.4 cm³/mol. The van der Waals surface area contributed by atoms with Gasteiger partial charge in [-0.1, -0.05) is 13.0 Å². The van der Waals surface area contributed by atoms with Gasteiger partial charge in [0.25, 0.3) is 0 Å². The van der Waals surface area contributed by atoms with Crippen LogP contribution in [0.25, 0.3) is 11.3 Å². The molecule has 1 aromatic carbocycles. The maximum absolute atomic E-state index is 11.7. The van der Waals surface area contributed by atoms with E-state index in [2.05, 4.69) is 24.0 Å². The second-order valence-corrected chi connectivity index (χ2v) is 6.41. The predicted octanol–water partition coefficient (Wildman–Crippen LogP) is 3.55. The lowest BCUT2D eigenvalue weighted by Crippen LogP contribution is -2.20. The maximum Gasteiger partial charge on any atom is 0.231 e. The zero-order valence-electron chi connectivity index (χ0n) is 10.8. The summed E-state index contributed by atoms with van der Waals surface area (Å²) in [5.41, 5.74) is 4.33. The first-order valence-electron chi connectivity index (χ1n) is 6.22. The summed E-state index contributed by atoms with van der Waals surface area (Å²) in [7, 11) is 1.82. The summed E-state index contributed by atoms with van der Waals surface area (Å²) in [6.45, 7) is 2.13. The van der Waals surface area contributed by atoms with Gasteiger partial charge in [0.05, 0.1) is 12.1 Å². The van der Waals surface area contributed by atoms with E-state index < -0.39 is 0 Å². The summed E-state index contributed by atoms with van der Waals surface area (Å²) < 4.78 is 0.806. The number of rotatable bonds is 2. The number of hydrogen-bond acceptors (Lipinski definition) is 3. The molecule has 1 aliphatic rings. The number of thiazole rings is 1. The van der Waals surface area contributed by atoms with Gasteiger partial charge in [0, 0.05) is 17.6 Å². The molecule has 0 unspecified atom stereocenters. The quantitative estimate of drug-likeness (QED) is 0.859. The number of H-pyrrole nitrogens is 1. The molecule has 0 saturated carbocycles. The van der Waals surface area contributed by atoms with Crippen molar-refractivity contribution in [2.24, 2.45) is 0 Å². The highest BCUT2D eigenvalue weighted by Gasteiger charge is 2.24. The fourth-order valence-electron chi connectivity index (χ4n) is 2.47. The zero-order valence-corrected chi connectivity index (χ0v) is 12.5. The van der Waals surface area contributed by atoms with Gasteiger partial charge in [-0.25, -0.2) is 0 Å². The number of nitrogens with zero attached hydrogens (tertiary/aromatic N) is 1. The van der Waals surface area contributed by atoms with Crippen molar-refractivity contribution in [2.45, 2.75) is 19.8 Å². The second-order valence-electron chi connectivity index (χ2n) is 4.64. The molecule has 1 amide bonds. The molecule has 3 nitrogen and oxygen atoms in total. The molecule has 0 saturated heterocycles. The van der Waals surface area contributed by atoms with Crippen LogP contribution in [0.3, 0.4) is 0 Å². The zero-order chi connectivity index (χ0) is 13.6. The van der Waals surface area contributed by atoms with E-state index in [9.17, 15) is 4.79 Å². The molecule has 0 atom stereocenters. The van der Waals surface area contributed by atoms with Gasteiger partial charge < -0.3 is 9.88 Å². The van der Waals surface area contributed by atoms with Gasteiger partial charge >= 0.3 is 0 Å². The van der Waals surface area contributed by atoms with Crippen LogP contribution in [0.4, 0.5) is 5.69 Å². The molecule has 98 valence electrons. The molecule has 0 fully saturated rings. The van der Waals surface area contributed by atoms with Crippen LogP contribution < -0.4 is 4.90 Å². The molecule has 2 heterocycles. The molecule has 0 radical (unpaired) electrons. The van der Waals surface area contributed by atoms with Crippen molar-refractivity contribution in [3.05, 3.63) is 32.6 Å². The Morgan fingerprint density at radius 2 is 2.26 bits per heavy atom. The number of carbonyl (C=O) groups is 1. The minimum absolute atomic E-state index is 0.154. The molecule has 2 aromatic rings. The van der Waals surface area contributed by atoms with E-state index in [4.69, 9.17) is 12.2 Å². The fourth-order valence-corrected chi connectivity index (χ4v) is 3.66. The Labute approximate surface area is 120 Å². The summed E-state index contributed by atoms with van der Waals surface area (Å²) in [6, 6.07) is 6.17. The Morgan fingerprint density at radius 3 is 3.00 bits per heavy atom. The van der Waals surface area contributed by atoms with Crippen molar-refractivity contribution in [1.29, 1.82) is 0 Å².